The Morgan fingerprint density at radius 3 is 2.32 bits per heavy atom. The molecule has 8 nitrogen and oxygen atoms in total. The first kappa shape index (κ1) is 22.5. The molecule has 3 rings (SSSR count). The van der Waals surface area contributed by atoms with Gasteiger partial charge in [-0.15, -0.1) is 10.2 Å². The van der Waals surface area contributed by atoms with E-state index in [9.17, 15) is 4.79 Å². The maximum Gasteiger partial charge on any atom is 0.316 e. The molecule has 0 aliphatic carbocycles. The fourth-order valence-electron chi connectivity index (χ4n) is 3.09. The third-order valence-corrected chi connectivity index (χ3v) is 5.34. The monoisotopic (exact) mass is 443 g/mol. The summed E-state index contributed by atoms with van der Waals surface area (Å²) in [6.45, 7) is 4.12. The van der Waals surface area contributed by atoms with Gasteiger partial charge in [0, 0.05) is 11.3 Å². The molecule has 0 aliphatic rings. The molecule has 0 N–H and O–H groups in total. The summed E-state index contributed by atoms with van der Waals surface area (Å²) in [6, 6.07) is 11.6. The molecule has 3 aromatic rings. The first-order valence-electron chi connectivity index (χ1n) is 9.63. The van der Waals surface area contributed by atoms with E-state index in [1.165, 1.54) is 11.8 Å². The van der Waals surface area contributed by atoms with Gasteiger partial charge >= 0.3 is 5.97 Å². The van der Waals surface area contributed by atoms with E-state index in [1.807, 2.05) is 47.9 Å². The van der Waals surface area contributed by atoms with Gasteiger partial charge in [0.05, 0.1) is 33.7 Å². The normalized spacial score (nSPS) is 10.6. The van der Waals surface area contributed by atoms with Crippen LogP contribution in [-0.2, 0) is 9.53 Å². The minimum absolute atomic E-state index is 0.132. The van der Waals surface area contributed by atoms with Gasteiger partial charge in [0.15, 0.2) is 22.5 Å². The zero-order valence-corrected chi connectivity index (χ0v) is 19.0. The first-order valence-corrected chi connectivity index (χ1v) is 10.6. The van der Waals surface area contributed by atoms with Crippen LogP contribution in [0.1, 0.15) is 12.5 Å². The zero-order valence-electron chi connectivity index (χ0n) is 18.2. The summed E-state index contributed by atoms with van der Waals surface area (Å²) in [5.74, 6) is 1.92. The highest BCUT2D eigenvalue weighted by Gasteiger charge is 2.21. The van der Waals surface area contributed by atoms with Crippen molar-refractivity contribution in [3.8, 4) is 34.3 Å². The number of aryl methyl sites for hydroxylation is 1. The van der Waals surface area contributed by atoms with Crippen LogP contribution in [0.3, 0.4) is 0 Å². The number of nitrogens with zero attached hydrogens (tertiary/aromatic N) is 3. The van der Waals surface area contributed by atoms with E-state index in [4.69, 9.17) is 18.9 Å². The van der Waals surface area contributed by atoms with Crippen LogP contribution in [0.2, 0.25) is 0 Å². The van der Waals surface area contributed by atoms with Crippen molar-refractivity contribution in [3.05, 3.63) is 42.0 Å². The second-order valence-corrected chi connectivity index (χ2v) is 7.43. The highest BCUT2D eigenvalue weighted by molar-refractivity contribution is 7.99. The van der Waals surface area contributed by atoms with E-state index in [0.717, 1.165) is 16.8 Å². The van der Waals surface area contributed by atoms with E-state index in [-0.39, 0.29) is 11.7 Å². The van der Waals surface area contributed by atoms with Crippen LogP contribution in [0, 0.1) is 6.92 Å². The number of methoxy groups -OCH3 is 3. The number of hydrogen-bond donors (Lipinski definition) is 0. The molecule has 0 atom stereocenters. The molecule has 164 valence electrons. The number of aromatic nitrogens is 3. The molecule has 0 radical (unpaired) electrons. The number of carbonyl (C=O) groups excluding carboxylic acids is 1. The molecular weight excluding hydrogens is 418 g/mol. The van der Waals surface area contributed by atoms with Crippen molar-refractivity contribution in [2.24, 2.45) is 0 Å². The fraction of sp³-hybridized carbons (Fsp3) is 0.318. The third kappa shape index (κ3) is 4.93. The average Bonchev–Trinajstić information content (AvgIpc) is 3.20. The van der Waals surface area contributed by atoms with Crippen LogP contribution in [0.4, 0.5) is 0 Å². The van der Waals surface area contributed by atoms with Crippen LogP contribution < -0.4 is 14.2 Å². The molecule has 0 fully saturated rings. The number of ether oxygens (including phenoxy) is 4. The van der Waals surface area contributed by atoms with E-state index >= 15 is 0 Å². The Morgan fingerprint density at radius 1 is 1.03 bits per heavy atom. The lowest BCUT2D eigenvalue weighted by Gasteiger charge is -2.15. The quantitative estimate of drug-likeness (QED) is 0.363. The van der Waals surface area contributed by atoms with E-state index in [1.54, 1.807) is 28.3 Å². The maximum atomic E-state index is 11.9. The van der Waals surface area contributed by atoms with Gasteiger partial charge in [0.1, 0.15) is 0 Å². The molecule has 0 saturated carbocycles. The Morgan fingerprint density at radius 2 is 1.74 bits per heavy atom. The summed E-state index contributed by atoms with van der Waals surface area (Å²) in [4.78, 5) is 11.9. The minimum atomic E-state index is -0.305. The lowest BCUT2D eigenvalue weighted by Crippen LogP contribution is -2.08. The van der Waals surface area contributed by atoms with Crippen molar-refractivity contribution < 1.29 is 23.7 Å². The highest BCUT2D eigenvalue weighted by Crippen LogP contribution is 2.41. The van der Waals surface area contributed by atoms with Crippen LogP contribution in [0.25, 0.3) is 17.1 Å². The van der Waals surface area contributed by atoms with Gasteiger partial charge in [0.2, 0.25) is 5.75 Å². The summed E-state index contributed by atoms with van der Waals surface area (Å²) in [6.07, 6.45) is 0. The van der Waals surface area contributed by atoms with Gasteiger partial charge in [0.25, 0.3) is 0 Å². The Labute approximate surface area is 185 Å². The van der Waals surface area contributed by atoms with Crippen molar-refractivity contribution in [3.63, 3.8) is 0 Å². The Hall–Kier alpha value is -3.20. The smallest absolute Gasteiger partial charge is 0.316 e. The number of esters is 1. The van der Waals surface area contributed by atoms with Crippen LogP contribution in [-0.4, -0.2) is 54.4 Å². The molecule has 0 amide bonds. The molecule has 31 heavy (non-hydrogen) atoms. The fourth-order valence-corrected chi connectivity index (χ4v) is 3.84. The summed E-state index contributed by atoms with van der Waals surface area (Å²) in [5, 5.41) is 9.32. The number of thioether (sulfide) groups is 1. The van der Waals surface area contributed by atoms with Crippen LogP contribution >= 0.6 is 11.8 Å². The average molecular weight is 444 g/mol. The maximum absolute atomic E-state index is 11.9. The minimum Gasteiger partial charge on any atom is -0.493 e. The van der Waals surface area contributed by atoms with Crippen molar-refractivity contribution in [1.82, 2.24) is 14.8 Å². The molecule has 0 bridgehead atoms. The predicted octanol–water partition coefficient (Wildman–Crippen LogP) is 3.92. The number of carbonyl (C=O) groups is 1. The van der Waals surface area contributed by atoms with E-state index < -0.39 is 0 Å². The largest absolute Gasteiger partial charge is 0.493 e. The standard InChI is InChI=1S/C22H25N3O5S/c1-6-30-19(26)13-31-22-24-23-21(25(22)16-9-7-8-14(2)10-16)15-11-17(27-3)20(29-5)18(12-15)28-4/h7-12H,6,13H2,1-5H3. The van der Waals surface area contributed by atoms with Gasteiger partial charge in [-0.1, -0.05) is 23.9 Å². The van der Waals surface area contributed by atoms with E-state index in [2.05, 4.69) is 10.2 Å². The number of hydrogen-bond acceptors (Lipinski definition) is 8. The molecular formula is C22H25N3O5S. The molecule has 0 spiro atoms. The molecule has 1 heterocycles. The second kappa shape index (κ2) is 10.2. The summed E-state index contributed by atoms with van der Waals surface area (Å²) < 4.78 is 23.3. The van der Waals surface area contributed by atoms with Gasteiger partial charge in [-0.3, -0.25) is 9.36 Å². The van der Waals surface area contributed by atoms with Crippen molar-refractivity contribution in [2.75, 3.05) is 33.7 Å². The van der Waals surface area contributed by atoms with Crippen molar-refractivity contribution in [2.45, 2.75) is 19.0 Å². The molecule has 1 aromatic heterocycles. The molecule has 0 unspecified atom stereocenters. The number of rotatable bonds is 9. The molecule has 9 heteroatoms. The van der Waals surface area contributed by atoms with Crippen molar-refractivity contribution >= 4 is 17.7 Å². The first-order chi connectivity index (χ1) is 15.0. The Balaban J connectivity index is 2.13. The third-order valence-electron chi connectivity index (χ3n) is 4.44. The molecule has 2 aromatic carbocycles. The summed E-state index contributed by atoms with van der Waals surface area (Å²) >= 11 is 1.27. The SMILES string of the molecule is CCOC(=O)CSc1nnc(-c2cc(OC)c(OC)c(OC)c2)n1-c1cccc(C)c1. The predicted molar refractivity (Wildman–Crippen MR) is 119 cm³/mol. The van der Waals surface area contributed by atoms with Gasteiger partial charge in [-0.25, -0.2) is 0 Å². The lowest BCUT2D eigenvalue weighted by molar-refractivity contribution is -0.139. The zero-order chi connectivity index (χ0) is 22.4. The Kier molecular flexibility index (Phi) is 7.41. The van der Waals surface area contributed by atoms with Crippen LogP contribution in [0.5, 0.6) is 17.2 Å². The van der Waals surface area contributed by atoms with Gasteiger partial charge in [-0.05, 0) is 43.7 Å². The van der Waals surface area contributed by atoms with Crippen LogP contribution in [0.15, 0.2) is 41.6 Å². The number of benzene rings is 2. The summed E-state index contributed by atoms with van der Waals surface area (Å²) in [5.41, 5.74) is 2.69. The second-order valence-electron chi connectivity index (χ2n) is 6.49. The molecule has 0 aliphatic heterocycles. The highest BCUT2D eigenvalue weighted by atomic mass is 32.2. The summed E-state index contributed by atoms with van der Waals surface area (Å²) in [7, 11) is 4.68. The molecule has 0 saturated heterocycles. The topological polar surface area (TPSA) is 84.7 Å². The van der Waals surface area contributed by atoms with E-state index in [0.29, 0.717) is 34.8 Å². The Bertz CT molecular complexity index is 1040. The van der Waals surface area contributed by atoms with Gasteiger partial charge < -0.3 is 18.9 Å². The van der Waals surface area contributed by atoms with Gasteiger partial charge in [-0.2, -0.15) is 0 Å². The lowest BCUT2D eigenvalue weighted by atomic mass is 10.1. The van der Waals surface area contributed by atoms with Crippen molar-refractivity contribution in [1.29, 1.82) is 0 Å².